The Hall–Kier alpha value is -2.84. The largest absolute Gasteiger partial charge is 0.508 e. The summed E-state index contributed by atoms with van der Waals surface area (Å²) in [4.78, 5) is 13.1. The molecule has 6 rings (SSSR count). The molecule has 1 spiro atoms. The van der Waals surface area contributed by atoms with Crippen molar-refractivity contribution in [2.45, 2.75) is 89.1 Å². The predicted molar refractivity (Wildman–Crippen MR) is 171 cm³/mol. The maximum absolute atomic E-state index is 14.6. The highest BCUT2D eigenvalue weighted by Crippen LogP contribution is 2.42. The smallest absolute Gasteiger partial charge is 0.207 e. The number of benzene rings is 2. The molecule has 1 unspecified atom stereocenters. The molecule has 1 saturated carbocycles. The number of ether oxygens (including phenoxy) is 1. The van der Waals surface area contributed by atoms with Crippen molar-refractivity contribution >= 4 is 12.1 Å². The van der Waals surface area contributed by atoms with Gasteiger partial charge in [0.15, 0.2) is 0 Å². The molecular formula is C35H51FN4O3. The van der Waals surface area contributed by atoms with Crippen LogP contribution in [0.4, 0.5) is 10.1 Å². The van der Waals surface area contributed by atoms with Crippen LogP contribution in [0.15, 0.2) is 36.4 Å². The van der Waals surface area contributed by atoms with Gasteiger partial charge in [-0.15, -0.1) is 0 Å². The molecular weight excluding hydrogens is 543 g/mol. The minimum absolute atomic E-state index is 0.170. The molecule has 3 saturated heterocycles. The first-order valence-electron chi connectivity index (χ1n) is 16.7. The van der Waals surface area contributed by atoms with Crippen LogP contribution in [-0.4, -0.2) is 63.4 Å². The van der Waals surface area contributed by atoms with Crippen molar-refractivity contribution in [3.63, 3.8) is 0 Å². The van der Waals surface area contributed by atoms with Crippen molar-refractivity contribution in [3.8, 4) is 11.5 Å². The van der Waals surface area contributed by atoms with Crippen LogP contribution < -0.4 is 25.6 Å². The summed E-state index contributed by atoms with van der Waals surface area (Å²) in [7, 11) is 0. The van der Waals surface area contributed by atoms with Gasteiger partial charge in [0.05, 0.1) is 0 Å². The Kier molecular flexibility index (Phi) is 11.6. The summed E-state index contributed by atoms with van der Waals surface area (Å²) in [5, 5.41) is 19.9. The van der Waals surface area contributed by atoms with E-state index in [4.69, 9.17) is 4.74 Å². The number of nitrogens with one attached hydrogen (secondary N) is 3. The molecule has 4 fully saturated rings. The Morgan fingerprint density at radius 2 is 1.72 bits per heavy atom. The van der Waals surface area contributed by atoms with E-state index in [9.17, 15) is 14.3 Å². The first-order chi connectivity index (χ1) is 21.0. The van der Waals surface area contributed by atoms with Crippen molar-refractivity contribution in [2.75, 3.05) is 50.7 Å². The van der Waals surface area contributed by atoms with Crippen molar-refractivity contribution in [2.24, 2.45) is 5.41 Å². The van der Waals surface area contributed by atoms with Crippen molar-refractivity contribution in [1.82, 2.24) is 16.0 Å². The van der Waals surface area contributed by atoms with Crippen LogP contribution in [0.25, 0.3) is 0 Å². The van der Waals surface area contributed by atoms with E-state index >= 15 is 0 Å². The molecule has 7 nitrogen and oxygen atoms in total. The third-order valence-corrected chi connectivity index (χ3v) is 9.78. The Balaban J connectivity index is 0.000000668. The van der Waals surface area contributed by atoms with E-state index in [1.807, 2.05) is 18.2 Å². The molecule has 236 valence electrons. The van der Waals surface area contributed by atoms with E-state index in [-0.39, 0.29) is 11.9 Å². The maximum atomic E-state index is 14.6. The summed E-state index contributed by atoms with van der Waals surface area (Å²) < 4.78 is 21.0. The van der Waals surface area contributed by atoms with Gasteiger partial charge in [-0.25, -0.2) is 4.39 Å². The number of carbonyl (C=O) groups is 1. The lowest BCUT2D eigenvalue weighted by Crippen LogP contribution is -2.60. The number of rotatable bonds is 11. The van der Waals surface area contributed by atoms with Crippen LogP contribution >= 0.6 is 0 Å². The fourth-order valence-electron chi connectivity index (χ4n) is 7.23. The fourth-order valence-corrected chi connectivity index (χ4v) is 7.23. The molecule has 0 bridgehead atoms. The molecule has 3 aliphatic heterocycles. The van der Waals surface area contributed by atoms with Crippen molar-refractivity contribution in [3.05, 3.63) is 53.3 Å². The molecule has 1 amide bonds. The average Bonchev–Trinajstić information content (AvgIpc) is 3.61. The number of piperidine rings is 1. The number of carbonyl (C=O) groups excluding carboxylic acids is 1. The molecule has 1 atom stereocenters. The molecule has 0 aromatic heterocycles. The van der Waals surface area contributed by atoms with Crippen LogP contribution in [0.1, 0.15) is 87.7 Å². The van der Waals surface area contributed by atoms with E-state index in [1.165, 1.54) is 69.7 Å². The average molecular weight is 595 g/mol. The Bertz CT molecular complexity index is 1150. The second-order valence-corrected chi connectivity index (χ2v) is 13.1. The molecule has 4 aliphatic rings. The minimum atomic E-state index is -0.288. The number of amides is 1. The summed E-state index contributed by atoms with van der Waals surface area (Å²) in [5.74, 6) is 1.08. The molecule has 3 heterocycles. The van der Waals surface area contributed by atoms with Crippen LogP contribution in [0.2, 0.25) is 0 Å². The first kappa shape index (κ1) is 31.6. The number of aromatic hydroxyl groups is 1. The zero-order valence-electron chi connectivity index (χ0n) is 25.7. The zero-order chi connectivity index (χ0) is 29.9. The highest BCUT2D eigenvalue weighted by atomic mass is 19.1. The number of hydrogen-bond acceptors (Lipinski definition) is 6. The van der Waals surface area contributed by atoms with Gasteiger partial charge < -0.3 is 30.7 Å². The Labute approximate surface area is 257 Å². The van der Waals surface area contributed by atoms with Gasteiger partial charge in [0.25, 0.3) is 0 Å². The number of aryl methyl sites for hydroxylation is 1. The molecule has 0 radical (unpaired) electrons. The number of halogens is 1. The predicted octanol–water partition coefficient (Wildman–Crippen LogP) is 5.65. The van der Waals surface area contributed by atoms with E-state index in [2.05, 4.69) is 26.9 Å². The van der Waals surface area contributed by atoms with Crippen molar-refractivity contribution < 1.29 is 19.0 Å². The summed E-state index contributed by atoms with van der Waals surface area (Å²) >= 11 is 0. The number of phenols is 1. The lowest BCUT2D eigenvalue weighted by molar-refractivity contribution is -0.109. The van der Waals surface area contributed by atoms with E-state index in [1.54, 1.807) is 6.07 Å². The van der Waals surface area contributed by atoms with E-state index in [0.717, 1.165) is 63.1 Å². The summed E-state index contributed by atoms with van der Waals surface area (Å²) in [6, 6.07) is 11.0. The lowest BCUT2D eigenvalue weighted by atomic mass is 9.72. The van der Waals surface area contributed by atoms with Crippen LogP contribution in [-0.2, 0) is 11.2 Å². The van der Waals surface area contributed by atoms with Crippen LogP contribution in [0.5, 0.6) is 11.5 Å². The highest BCUT2D eigenvalue weighted by molar-refractivity contribution is 5.54. The summed E-state index contributed by atoms with van der Waals surface area (Å²) in [6.45, 7) is 7.06. The zero-order valence-corrected chi connectivity index (χ0v) is 25.7. The Morgan fingerprint density at radius 3 is 2.42 bits per heavy atom. The SMILES string of the molecule is C1CCNC1.O=CNCCC(CCc1ccc(O)c(C2CCCCC2)c1)Oc1cc(F)cc(N2CC3(CCNCC3)C2)c1. The fraction of sp³-hybridized carbons (Fsp3) is 0.629. The van der Waals surface area contributed by atoms with Crippen molar-refractivity contribution in [1.29, 1.82) is 0 Å². The summed E-state index contributed by atoms with van der Waals surface area (Å²) in [6.07, 6.45) is 13.8. The summed E-state index contributed by atoms with van der Waals surface area (Å²) in [5.41, 5.74) is 3.48. The van der Waals surface area contributed by atoms with E-state index < -0.39 is 0 Å². The van der Waals surface area contributed by atoms with Gasteiger partial charge in [-0.1, -0.05) is 31.4 Å². The molecule has 2 aromatic carbocycles. The number of phenolic OH excluding ortho intramolecular Hbond substituents is 1. The van der Waals surface area contributed by atoms with Gasteiger partial charge in [0.1, 0.15) is 23.4 Å². The molecule has 1 aliphatic carbocycles. The van der Waals surface area contributed by atoms with Gasteiger partial charge in [-0.3, -0.25) is 4.79 Å². The van der Waals surface area contributed by atoms with Crippen LogP contribution in [0.3, 0.4) is 0 Å². The molecule has 8 heteroatoms. The van der Waals surface area contributed by atoms with E-state index in [0.29, 0.717) is 42.2 Å². The standard InChI is InChI=1S/C31H42FN3O3.C4H9N/c32-25-17-26(35-20-31(21-35)11-14-33-15-12-31)19-28(18-25)38-27(10-13-34-22-36)8-6-23-7-9-30(37)29(16-23)24-4-2-1-3-5-24;1-2-4-5-3-1/h7,9,16-19,22,24,27,33,37H,1-6,8,10-15,20-21H2,(H,34,36);5H,1-4H2. The van der Waals surface area contributed by atoms with Gasteiger partial charge in [0, 0.05) is 49.3 Å². The third kappa shape index (κ3) is 9.08. The molecule has 4 N–H and O–H groups in total. The van der Waals surface area contributed by atoms with Gasteiger partial charge in [-0.2, -0.15) is 0 Å². The van der Waals surface area contributed by atoms with Gasteiger partial charge in [-0.05, 0) is 107 Å². The lowest BCUT2D eigenvalue weighted by Gasteiger charge is -2.53. The van der Waals surface area contributed by atoms with Gasteiger partial charge >= 0.3 is 0 Å². The molecule has 2 aromatic rings. The molecule has 43 heavy (non-hydrogen) atoms. The second-order valence-electron chi connectivity index (χ2n) is 13.1. The quantitative estimate of drug-likeness (QED) is 0.199. The maximum Gasteiger partial charge on any atom is 0.207 e. The minimum Gasteiger partial charge on any atom is -0.508 e. The number of hydrogen-bond donors (Lipinski definition) is 4. The first-order valence-corrected chi connectivity index (χ1v) is 16.7. The third-order valence-electron chi connectivity index (χ3n) is 9.78. The number of anilines is 1. The van der Waals surface area contributed by atoms with Crippen LogP contribution in [0, 0.1) is 11.2 Å². The highest BCUT2D eigenvalue weighted by Gasteiger charge is 2.43. The Morgan fingerprint density at radius 1 is 0.977 bits per heavy atom. The normalized spacial score (nSPS) is 20.5. The van der Waals surface area contributed by atoms with Gasteiger partial charge in [0.2, 0.25) is 6.41 Å². The monoisotopic (exact) mass is 594 g/mol. The topological polar surface area (TPSA) is 85.9 Å². The second kappa shape index (κ2) is 15.8. The number of nitrogens with zero attached hydrogens (tertiary/aromatic N) is 1.